The predicted molar refractivity (Wildman–Crippen MR) is 67.4 cm³/mol. The summed E-state index contributed by atoms with van der Waals surface area (Å²) in [4.78, 5) is 3.97. The number of anilines is 1. The van der Waals surface area contributed by atoms with E-state index in [0.717, 1.165) is 11.1 Å². The number of nitrogens with zero attached hydrogens (tertiary/aromatic N) is 1. The molecule has 0 spiro atoms. The molecule has 2 rings (SSSR count). The van der Waals surface area contributed by atoms with Gasteiger partial charge in [0, 0.05) is 18.4 Å². The van der Waals surface area contributed by atoms with E-state index < -0.39 is 0 Å². The molecule has 1 unspecified atom stereocenters. The molecule has 2 nitrogen and oxygen atoms in total. The van der Waals surface area contributed by atoms with Crippen LogP contribution < -0.4 is 5.32 Å². The first-order valence-electron chi connectivity index (χ1n) is 5.60. The van der Waals surface area contributed by atoms with Gasteiger partial charge in [-0.15, -0.1) is 0 Å². The molecule has 88 valence electrons. The Labute approximate surface area is 101 Å². The lowest BCUT2D eigenvalue weighted by Gasteiger charge is -2.17. The van der Waals surface area contributed by atoms with Gasteiger partial charge in [0.15, 0.2) is 0 Å². The van der Waals surface area contributed by atoms with Gasteiger partial charge in [-0.2, -0.15) is 0 Å². The Kier molecular flexibility index (Phi) is 3.38. The quantitative estimate of drug-likeness (QED) is 0.869. The second-order valence-corrected chi connectivity index (χ2v) is 4.08. The van der Waals surface area contributed by atoms with Gasteiger partial charge in [-0.05, 0) is 43.2 Å². The van der Waals surface area contributed by atoms with E-state index in [1.165, 1.54) is 6.07 Å². The standard InChI is InChI=1S/C14H15FN2/c1-10-4-3-5-13(15)14(10)17-11(2)12-6-8-16-9-7-12/h3-9,11,17H,1-2H3. The summed E-state index contributed by atoms with van der Waals surface area (Å²) in [5.41, 5.74) is 2.56. The first-order chi connectivity index (χ1) is 8.18. The molecule has 0 radical (unpaired) electrons. The fraction of sp³-hybridized carbons (Fsp3) is 0.214. The summed E-state index contributed by atoms with van der Waals surface area (Å²) in [5.74, 6) is -0.217. The molecule has 3 heteroatoms. The van der Waals surface area contributed by atoms with Crippen molar-refractivity contribution < 1.29 is 4.39 Å². The van der Waals surface area contributed by atoms with E-state index in [1.807, 2.05) is 32.0 Å². The summed E-state index contributed by atoms with van der Waals surface area (Å²) < 4.78 is 13.7. The molecule has 0 saturated carbocycles. The van der Waals surface area contributed by atoms with Crippen LogP contribution in [0.3, 0.4) is 0 Å². The van der Waals surface area contributed by atoms with Gasteiger partial charge in [0.2, 0.25) is 0 Å². The van der Waals surface area contributed by atoms with E-state index >= 15 is 0 Å². The summed E-state index contributed by atoms with van der Waals surface area (Å²) in [6.45, 7) is 3.89. The van der Waals surface area contributed by atoms with Crippen LogP contribution in [0.2, 0.25) is 0 Å². The smallest absolute Gasteiger partial charge is 0.146 e. The third kappa shape index (κ3) is 2.61. The lowest BCUT2D eigenvalue weighted by Crippen LogP contribution is -2.09. The van der Waals surface area contributed by atoms with Crippen LogP contribution >= 0.6 is 0 Å². The zero-order valence-corrected chi connectivity index (χ0v) is 9.94. The van der Waals surface area contributed by atoms with Crippen molar-refractivity contribution in [1.82, 2.24) is 4.98 Å². The molecule has 0 aliphatic rings. The van der Waals surface area contributed by atoms with Gasteiger partial charge in [0.05, 0.1) is 5.69 Å². The van der Waals surface area contributed by atoms with Crippen LogP contribution in [0, 0.1) is 12.7 Å². The van der Waals surface area contributed by atoms with Crippen LogP contribution in [0.1, 0.15) is 24.1 Å². The van der Waals surface area contributed by atoms with Crippen molar-refractivity contribution in [1.29, 1.82) is 0 Å². The minimum absolute atomic E-state index is 0.0496. The molecule has 0 fully saturated rings. The number of aromatic nitrogens is 1. The largest absolute Gasteiger partial charge is 0.376 e. The van der Waals surface area contributed by atoms with Gasteiger partial charge in [0.1, 0.15) is 5.82 Å². The van der Waals surface area contributed by atoms with Crippen LogP contribution in [-0.2, 0) is 0 Å². The fourth-order valence-corrected chi connectivity index (χ4v) is 1.77. The second kappa shape index (κ2) is 4.95. The minimum atomic E-state index is -0.217. The first-order valence-corrected chi connectivity index (χ1v) is 5.60. The number of para-hydroxylation sites is 1. The van der Waals surface area contributed by atoms with Crippen molar-refractivity contribution in [2.45, 2.75) is 19.9 Å². The van der Waals surface area contributed by atoms with Gasteiger partial charge in [-0.3, -0.25) is 4.98 Å². The first kappa shape index (κ1) is 11.6. The molecule has 0 saturated heterocycles. The van der Waals surface area contributed by atoms with E-state index in [0.29, 0.717) is 5.69 Å². The average Bonchev–Trinajstić information content (AvgIpc) is 2.35. The summed E-state index contributed by atoms with van der Waals surface area (Å²) in [5, 5.41) is 3.19. The van der Waals surface area contributed by atoms with Crippen LogP contribution in [-0.4, -0.2) is 4.98 Å². The van der Waals surface area contributed by atoms with Crippen molar-refractivity contribution in [3.05, 3.63) is 59.7 Å². The second-order valence-electron chi connectivity index (χ2n) is 4.08. The summed E-state index contributed by atoms with van der Waals surface area (Å²) in [6.07, 6.45) is 3.48. The van der Waals surface area contributed by atoms with Gasteiger partial charge in [0.25, 0.3) is 0 Å². The molecule has 0 amide bonds. The van der Waals surface area contributed by atoms with E-state index in [4.69, 9.17) is 0 Å². The monoisotopic (exact) mass is 230 g/mol. The zero-order valence-electron chi connectivity index (χ0n) is 9.94. The molecule has 1 aromatic carbocycles. The van der Waals surface area contributed by atoms with E-state index in [1.54, 1.807) is 18.5 Å². The predicted octanol–water partition coefficient (Wildman–Crippen LogP) is 3.70. The molecule has 17 heavy (non-hydrogen) atoms. The van der Waals surface area contributed by atoms with Gasteiger partial charge in [-0.25, -0.2) is 4.39 Å². The Bertz CT molecular complexity index is 477. The Morgan fingerprint density at radius 1 is 1.18 bits per heavy atom. The number of benzene rings is 1. The lowest BCUT2D eigenvalue weighted by atomic mass is 10.1. The van der Waals surface area contributed by atoms with Gasteiger partial charge >= 0.3 is 0 Å². The molecule has 2 aromatic rings. The van der Waals surface area contributed by atoms with Crippen molar-refractivity contribution in [2.24, 2.45) is 0 Å². The van der Waals surface area contributed by atoms with Crippen molar-refractivity contribution in [3.8, 4) is 0 Å². The molecule has 1 heterocycles. The Balaban J connectivity index is 2.22. The lowest BCUT2D eigenvalue weighted by molar-refractivity contribution is 0.626. The highest BCUT2D eigenvalue weighted by atomic mass is 19.1. The van der Waals surface area contributed by atoms with Crippen LogP contribution in [0.4, 0.5) is 10.1 Å². The maximum Gasteiger partial charge on any atom is 0.146 e. The number of hydrogen-bond acceptors (Lipinski definition) is 2. The van der Waals surface area contributed by atoms with E-state index in [2.05, 4.69) is 10.3 Å². The Hall–Kier alpha value is -1.90. The number of aryl methyl sites for hydroxylation is 1. The number of pyridine rings is 1. The Morgan fingerprint density at radius 3 is 2.53 bits per heavy atom. The number of nitrogens with one attached hydrogen (secondary N) is 1. The fourth-order valence-electron chi connectivity index (χ4n) is 1.77. The highest BCUT2D eigenvalue weighted by Gasteiger charge is 2.09. The molecular formula is C14H15FN2. The molecule has 1 N–H and O–H groups in total. The van der Waals surface area contributed by atoms with Crippen LogP contribution in [0.5, 0.6) is 0 Å². The number of rotatable bonds is 3. The molecule has 1 aromatic heterocycles. The van der Waals surface area contributed by atoms with Crippen molar-refractivity contribution >= 4 is 5.69 Å². The molecule has 0 bridgehead atoms. The highest BCUT2D eigenvalue weighted by molar-refractivity contribution is 5.53. The van der Waals surface area contributed by atoms with Crippen LogP contribution in [0.15, 0.2) is 42.7 Å². The van der Waals surface area contributed by atoms with Crippen LogP contribution in [0.25, 0.3) is 0 Å². The topological polar surface area (TPSA) is 24.9 Å². The average molecular weight is 230 g/mol. The molecule has 1 atom stereocenters. The summed E-state index contributed by atoms with van der Waals surface area (Å²) >= 11 is 0. The molecular weight excluding hydrogens is 215 g/mol. The number of halogens is 1. The summed E-state index contributed by atoms with van der Waals surface area (Å²) in [7, 11) is 0. The maximum atomic E-state index is 13.7. The highest BCUT2D eigenvalue weighted by Crippen LogP contribution is 2.24. The maximum absolute atomic E-state index is 13.7. The normalized spacial score (nSPS) is 12.2. The third-order valence-corrected chi connectivity index (χ3v) is 2.79. The van der Waals surface area contributed by atoms with Crippen molar-refractivity contribution in [3.63, 3.8) is 0 Å². The van der Waals surface area contributed by atoms with E-state index in [-0.39, 0.29) is 11.9 Å². The Morgan fingerprint density at radius 2 is 1.88 bits per heavy atom. The minimum Gasteiger partial charge on any atom is -0.376 e. The zero-order chi connectivity index (χ0) is 12.3. The number of hydrogen-bond donors (Lipinski definition) is 1. The van der Waals surface area contributed by atoms with Crippen molar-refractivity contribution in [2.75, 3.05) is 5.32 Å². The third-order valence-electron chi connectivity index (χ3n) is 2.79. The molecule has 0 aliphatic carbocycles. The van der Waals surface area contributed by atoms with Gasteiger partial charge in [-0.1, -0.05) is 12.1 Å². The van der Waals surface area contributed by atoms with Gasteiger partial charge < -0.3 is 5.32 Å². The SMILES string of the molecule is Cc1cccc(F)c1NC(C)c1ccncc1. The summed E-state index contributed by atoms with van der Waals surface area (Å²) in [6, 6.07) is 8.97. The molecule has 0 aliphatic heterocycles. The van der Waals surface area contributed by atoms with E-state index in [9.17, 15) is 4.39 Å².